The van der Waals surface area contributed by atoms with E-state index in [0.29, 0.717) is 10.0 Å². The van der Waals surface area contributed by atoms with Crippen LogP contribution in [0.15, 0.2) is 16.6 Å². The van der Waals surface area contributed by atoms with Crippen molar-refractivity contribution in [3.63, 3.8) is 0 Å². The van der Waals surface area contributed by atoms with E-state index in [2.05, 4.69) is 15.9 Å². The van der Waals surface area contributed by atoms with Gasteiger partial charge in [0.15, 0.2) is 6.10 Å². The molecule has 0 heterocycles. The van der Waals surface area contributed by atoms with E-state index >= 15 is 0 Å². The molecule has 1 atom stereocenters. The Morgan fingerprint density at radius 3 is 2.33 bits per heavy atom. The van der Waals surface area contributed by atoms with E-state index in [1.165, 1.54) is 13.2 Å². The van der Waals surface area contributed by atoms with Crippen LogP contribution in [0.25, 0.3) is 0 Å². The number of ether oxygens (including phenoxy) is 1. The Morgan fingerprint density at radius 1 is 1.33 bits per heavy atom. The first-order valence-electron chi connectivity index (χ1n) is 4.89. The van der Waals surface area contributed by atoms with Gasteiger partial charge in [-0.1, -0.05) is 15.9 Å². The highest BCUT2D eigenvalue weighted by atomic mass is 79.9. The standard InChI is InChI=1S/C11H11BrF4O2/c1-5-3-8(18-2)6(4-7(5)12)9(17)11(15,16)10(13)14/h3-4,9-10,17H,1-2H3. The van der Waals surface area contributed by atoms with Crippen LogP contribution in [0, 0.1) is 6.92 Å². The zero-order valence-corrected chi connectivity index (χ0v) is 11.1. The smallest absolute Gasteiger partial charge is 0.336 e. The van der Waals surface area contributed by atoms with Gasteiger partial charge in [0.1, 0.15) is 5.75 Å². The molecule has 1 aromatic carbocycles. The number of alkyl halides is 4. The summed E-state index contributed by atoms with van der Waals surface area (Å²) in [7, 11) is 1.21. The number of methoxy groups -OCH3 is 1. The molecular formula is C11H11BrF4O2. The normalized spacial score (nSPS) is 13.8. The molecule has 0 spiro atoms. The third kappa shape index (κ3) is 2.77. The highest BCUT2D eigenvalue weighted by Gasteiger charge is 2.49. The maximum Gasteiger partial charge on any atom is 0.336 e. The summed E-state index contributed by atoms with van der Waals surface area (Å²) in [6.07, 6.45) is -6.60. The van der Waals surface area contributed by atoms with Gasteiger partial charge in [-0.25, -0.2) is 8.78 Å². The molecule has 18 heavy (non-hydrogen) atoms. The molecule has 0 saturated carbocycles. The molecule has 1 aromatic rings. The molecule has 102 valence electrons. The fourth-order valence-electron chi connectivity index (χ4n) is 1.39. The number of aryl methyl sites for hydroxylation is 1. The monoisotopic (exact) mass is 330 g/mol. The van der Waals surface area contributed by atoms with Crippen LogP contribution in [0.5, 0.6) is 5.75 Å². The van der Waals surface area contributed by atoms with Crippen LogP contribution in [-0.4, -0.2) is 24.6 Å². The first kappa shape index (κ1) is 15.2. The van der Waals surface area contributed by atoms with Gasteiger partial charge in [-0.3, -0.25) is 0 Å². The van der Waals surface area contributed by atoms with E-state index in [-0.39, 0.29) is 11.3 Å². The van der Waals surface area contributed by atoms with Crippen LogP contribution in [0.4, 0.5) is 17.6 Å². The summed E-state index contributed by atoms with van der Waals surface area (Å²) >= 11 is 3.08. The van der Waals surface area contributed by atoms with Crippen molar-refractivity contribution >= 4 is 15.9 Å². The molecule has 0 aliphatic heterocycles. The zero-order chi connectivity index (χ0) is 14.1. The molecule has 1 unspecified atom stereocenters. The van der Waals surface area contributed by atoms with E-state index in [9.17, 15) is 22.7 Å². The van der Waals surface area contributed by atoms with Crippen LogP contribution in [-0.2, 0) is 0 Å². The van der Waals surface area contributed by atoms with E-state index in [0.717, 1.165) is 6.07 Å². The van der Waals surface area contributed by atoms with Crippen molar-refractivity contribution in [2.75, 3.05) is 7.11 Å². The summed E-state index contributed by atoms with van der Waals surface area (Å²) in [4.78, 5) is 0. The van der Waals surface area contributed by atoms with Crippen LogP contribution in [0.2, 0.25) is 0 Å². The third-order valence-corrected chi connectivity index (χ3v) is 3.32. The van der Waals surface area contributed by atoms with Crippen LogP contribution in [0.1, 0.15) is 17.2 Å². The Labute approximate surface area is 110 Å². The van der Waals surface area contributed by atoms with E-state index in [1.54, 1.807) is 6.92 Å². The number of rotatable bonds is 4. The van der Waals surface area contributed by atoms with Crippen LogP contribution >= 0.6 is 15.9 Å². The van der Waals surface area contributed by atoms with Crippen molar-refractivity contribution in [2.45, 2.75) is 25.4 Å². The summed E-state index contributed by atoms with van der Waals surface area (Å²) in [5.74, 6) is -4.61. The predicted octanol–water partition coefficient (Wildman–Crippen LogP) is 3.70. The molecule has 0 aromatic heterocycles. The highest BCUT2D eigenvalue weighted by molar-refractivity contribution is 9.10. The summed E-state index contributed by atoms with van der Waals surface area (Å²) in [5.41, 5.74) is 0.281. The first-order chi connectivity index (χ1) is 8.21. The summed E-state index contributed by atoms with van der Waals surface area (Å²) in [6, 6.07) is 2.53. The minimum atomic E-state index is -4.54. The Bertz CT molecular complexity index is 437. The lowest BCUT2D eigenvalue weighted by Crippen LogP contribution is -2.34. The van der Waals surface area contributed by atoms with Crippen molar-refractivity contribution in [1.29, 1.82) is 0 Å². The molecule has 2 nitrogen and oxygen atoms in total. The third-order valence-electron chi connectivity index (χ3n) is 2.46. The van der Waals surface area contributed by atoms with Crippen LogP contribution in [0.3, 0.4) is 0 Å². The van der Waals surface area contributed by atoms with Gasteiger partial charge in [0, 0.05) is 10.0 Å². The molecule has 1 N–H and O–H groups in total. The maximum absolute atomic E-state index is 13.1. The minimum absolute atomic E-state index is 0.0662. The average Bonchev–Trinajstić information content (AvgIpc) is 2.30. The number of aliphatic hydroxyl groups is 1. The largest absolute Gasteiger partial charge is 0.496 e. The number of halogens is 5. The van der Waals surface area contributed by atoms with Crippen molar-refractivity contribution in [1.82, 2.24) is 0 Å². The molecule has 0 amide bonds. The Morgan fingerprint density at radius 2 is 1.89 bits per heavy atom. The second kappa shape index (κ2) is 5.44. The topological polar surface area (TPSA) is 29.5 Å². The average molecular weight is 331 g/mol. The molecule has 0 aliphatic carbocycles. The number of hydrogen-bond acceptors (Lipinski definition) is 2. The summed E-state index contributed by atoms with van der Waals surface area (Å²) < 4.78 is 55.8. The second-order valence-electron chi connectivity index (χ2n) is 3.72. The minimum Gasteiger partial charge on any atom is -0.496 e. The molecule has 0 saturated heterocycles. The Kier molecular flexibility index (Phi) is 4.61. The van der Waals surface area contributed by atoms with E-state index < -0.39 is 18.5 Å². The van der Waals surface area contributed by atoms with Gasteiger partial charge >= 0.3 is 12.3 Å². The van der Waals surface area contributed by atoms with Crippen molar-refractivity contribution < 1.29 is 27.4 Å². The van der Waals surface area contributed by atoms with Crippen molar-refractivity contribution in [2.24, 2.45) is 0 Å². The molecule has 7 heteroatoms. The van der Waals surface area contributed by atoms with E-state index in [1.807, 2.05) is 0 Å². The Balaban J connectivity index is 3.28. The number of hydrogen-bond donors (Lipinski definition) is 1. The molecule has 0 bridgehead atoms. The highest BCUT2D eigenvalue weighted by Crippen LogP contribution is 2.41. The van der Waals surface area contributed by atoms with Crippen molar-refractivity contribution in [3.05, 3.63) is 27.7 Å². The van der Waals surface area contributed by atoms with Gasteiger partial charge < -0.3 is 9.84 Å². The van der Waals surface area contributed by atoms with Gasteiger partial charge in [0.2, 0.25) is 0 Å². The molecule has 1 rings (SSSR count). The molecule has 0 radical (unpaired) electrons. The first-order valence-corrected chi connectivity index (χ1v) is 5.69. The lowest BCUT2D eigenvalue weighted by molar-refractivity contribution is -0.194. The number of benzene rings is 1. The van der Waals surface area contributed by atoms with Crippen LogP contribution < -0.4 is 4.74 Å². The van der Waals surface area contributed by atoms with E-state index in [4.69, 9.17) is 4.74 Å². The fourth-order valence-corrected chi connectivity index (χ4v) is 1.75. The molecule has 0 fully saturated rings. The SMILES string of the molecule is COc1cc(C)c(Br)cc1C(O)C(F)(F)C(F)F. The number of aliphatic hydroxyl groups excluding tert-OH is 1. The summed E-state index contributed by atoms with van der Waals surface area (Å²) in [5, 5.41) is 9.42. The molecule has 0 aliphatic rings. The molecular weight excluding hydrogens is 320 g/mol. The van der Waals surface area contributed by atoms with Crippen molar-refractivity contribution in [3.8, 4) is 5.75 Å². The Hall–Kier alpha value is -0.820. The fraction of sp³-hybridized carbons (Fsp3) is 0.455. The van der Waals surface area contributed by atoms with Gasteiger partial charge in [0.25, 0.3) is 0 Å². The lowest BCUT2D eigenvalue weighted by Gasteiger charge is -2.24. The lowest BCUT2D eigenvalue weighted by atomic mass is 10.0. The summed E-state index contributed by atoms with van der Waals surface area (Å²) in [6.45, 7) is 1.67. The predicted molar refractivity (Wildman–Crippen MR) is 61.3 cm³/mol. The second-order valence-corrected chi connectivity index (χ2v) is 4.58. The van der Waals surface area contributed by atoms with Gasteiger partial charge in [-0.2, -0.15) is 8.78 Å². The van der Waals surface area contributed by atoms with Gasteiger partial charge in [-0.05, 0) is 24.6 Å². The zero-order valence-electron chi connectivity index (χ0n) is 9.55. The quantitative estimate of drug-likeness (QED) is 0.853. The maximum atomic E-state index is 13.1. The van der Waals surface area contributed by atoms with Gasteiger partial charge in [-0.15, -0.1) is 0 Å². The van der Waals surface area contributed by atoms with Gasteiger partial charge in [0.05, 0.1) is 7.11 Å².